The van der Waals surface area contributed by atoms with E-state index in [9.17, 15) is 5.11 Å². The van der Waals surface area contributed by atoms with Gasteiger partial charge in [-0.3, -0.25) is 14.8 Å². The van der Waals surface area contributed by atoms with Crippen LogP contribution in [0.5, 0.6) is 5.75 Å². The molecule has 0 aliphatic carbocycles. The first-order valence-electron chi connectivity index (χ1n) is 8.94. The van der Waals surface area contributed by atoms with E-state index in [1.54, 1.807) is 12.3 Å². The lowest BCUT2D eigenvalue weighted by atomic mass is 10.1. The minimum atomic E-state index is 0.253. The molecule has 4 rings (SSSR count). The van der Waals surface area contributed by atoms with Gasteiger partial charge in [0.25, 0.3) is 0 Å². The third kappa shape index (κ3) is 3.90. The molecule has 0 radical (unpaired) electrons. The quantitative estimate of drug-likeness (QED) is 0.703. The number of phenols is 1. The van der Waals surface area contributed by atoms with Crippen LogP contribution in [0, 0.1) is 0 Å². The molecule has 0 bridgehead atoms. The first-order valence-corrected chi connectivity index (χ1v) is 9.73. The molecule has 0 atom stereocenters. The Labute approximate surface area is 162 Å². The number of pyridine rings is 1. The van der Waals surface area contributed by atoms with E-state index in [-0.39, 0.29) is 5.75 Å². The highest BCUT2D eigenvalue weighted by Crippen LogP contribution is 2.26. The third-order valence-electron chi connectivity index (χ3n) is 5.02. The van der Waals surface area contributed by atoms with Gasteiger partial charge in [0, 0.05) is 55.3 Å². The van der Waals surface area contributed by atoms with Crippen LogP contribution in [0.15, 0.2) is 59.2 Å². The SMILES string of the molecule is Oc1ccc(CN2CCN(Cc3ccc(Br)cc3)CC2)c2cccnc12. The number of benzene rings is 2. The smallest absolute Gasteiger partial charge is 0.141 e. The second kappa shape index (κ2) is 7.74. The number of nitrogens with zero attached hydrogens (tertiary/aromatic N) is 3. The average Bonchev–Trinajstić information content (AvgIpc) is 2.68. The molecule has 2 aromatic carbocycles. The second-order valence-electron chi connectivity index (χ2n) is 6.82. The summed E-state index contributed by atoms with van der Waals surface area (Å²) in [4.78, 5) is 9.31. The summed E-state index contributed by atoms with van der Waals surface area (Å²) < 4.78 is 1.13. The Bertz CT molecular complexity index is 889. The van der Waals surface area contributed by atoms with E-state index in [4.69, 9.17) is 0 Å². The molecule has 0 saturated carbocycles. The zero-order valence-corrected chi connectivity index (χ0v) is 16.2. The lowest BCUT2D eigenvalue weighted by Crippen LogP contribution is -2.45. The van der Waals surface area contributed by atoms with E-state index >= 15 is 0 Å². The summed E-state index contributed by atoms with van der Waals surface area (Å²) in [5.74, 6) is 0.253. The Morgan fingerprint density at radius 3 is 2.31 bits per heavy atom. The number of hydrogen-bond donors (Lipinski definition) is 1. The molecular formula is C21H22BrN3O. The van der Waals surface area contributed by atoms with Gasteiger partial charge in [0.15, 0.2) is 0 Å². The van der Waals surface area contributed by atoms with Crippen molar-refractivity contribution in [2.24, 2.45) is 0 Å². The van der Waals surface area contributed by atoms with Crippen LogP contribution >= 0.6 is 15.9 Å². The van der Waals surface area contributed by atoms with Crippen molar-refractivity contribution in [3.63, 3.8) is 0 Å². The Balaban J connectivity index is 1.38. The monoisotopic (exact) mass is 411 g/mol. The molecule has 0 spiro atoms. The maximum Gasteiger partial charge on any atom is 0.141 e. The van der Waals surface area contributed by atoms with E-state index in [2.05, 4.69) is 55.0 Å². The molecule has 1 saturated heterocycles. The van der Waals surface area contributed by atoms with Gasteiger partial charge in [0.1, 0.15) is 11.3 Å². The van der Waals surface area contributed by atoms with Gasteiger partial charge in [-0.25, -0.2) is 0 Å². The lowest BCUT2D eigenvalue weighted by Gasteiger charge is -2.35. The minimum absolute atomic E-state index is 0.253. The zero-order valence-electron chi connectivity index (χ0n) is 14.6. The van der Waals surface area contributed by atoms with Crippen molar-refractivity contribution in [1.29, 1.82) is 0 Å². The first-order chi connectivity index (χ1) is 12.7. The van der Waals surface area contributed by atoms with Crippen molar-refractivity contribution >= 4 is 26.8 Å². The van der Waals surface area contributed by atoms with Crippen molar-refractivity contribution in [2.45, 2.75) is 13.1 Å². The van der Waals surface area contributed by atoms with Crippen molar-refractivity contribution in [3.8, 4) is 5.75 Å². The Morgan fingerprint density at radius 1 is 0.885 bits per heavy atom. The fourth-order valence-electron chi connectivity index (χ4n) is 3.55. The van der Waals surface area contributed by atoms with Crippen LogP contribution in [0.2, 0.25) is 0 Å². The van der Waals surface area contributed by atoms with Gasteiger partial charge >= 0.3 is 0 Å². The van der Waals surface area contributed by atoms with Gasteiger partial charge in [-0.2, -0.15) is 0 Å². The summed E-state index contributed by atoms with van der Waals surface area (Å²) in [6.45, 7) is 6.16. The van der Waals surface area contributed by atoms with E-state index in [0.717, 1.165) is 49.1 Å². The zero-order chi connectivity index (χ0) is 17.9. The third-order valence-corrected chi connectivity index (χ3v) is 5.55. The van der Waals surface area contributed by atoms with Crippen molar-refractivity contribution < 1.29 is 5.11 Å². The Kier molecular flexibility index (Phi) is 5.20. The maximum absolute atomic E-state index is 10.0. The molecule has 5 heteroatoms. The standard InChI is InChI=1S/C21H22BrN3O/c22-18-6-3-16(4-7-18)14-24-10-12-25(13-11-24)15-17-5-8-20(26)21-19(17)2-1-9-23-21/h1-9,26H,10-15H2. The van der Waals surface area contributed by atoms with E-state index in [0.29, 0.717) is 5.52 Å². The van der Waals surface area contributed by atoms with Gasteiger partial charge in [-0.05, 0) is 35.4 Å². The van der Waals surface area contributed by atoms with E-state index < -0.39 is 0 Å². The van der Waals surface area contributed by atoms with Crippen LogP contribution in [-0.4, -0.2) is 46.1 Å². The predicted octanol–water partition coefficient (Wildman–Crippen LogP) is 4.02. The normalized spacial score (nSPS) is 16.2. The summed E-state index contributed by atoms with van der Waals surface area (Å²) in [5, 5.41) is 11.1. The molecule has 2 heterocycles. The topological polar surface area (TPSA) is 39.6 Å². The number of phenolic OH excluding ortho intramolecular Hbond substituents is 1. The molecule has 0 amide bonds. The summed E-state index contributed by atoms with van der Waals surface area (Å²) in [5.41, 5.74) is 3.28. The highest BCUT2D eigenvalue weighted by molar-refractivity contribution is 9.10. The largest absolute Gasteiger partial charge is 0.506 e. The van der Waals surface area contributed by atoms with Crippen LogP contribution in [0.4, 0.5) is 0 Å². The number of halogens is 1. The number of aromatic hydroxyl groups is 1. The van der Waals surface area contributed by atoms with Crippen LogP contribution in [-0.2, 0) is 13.1 Å². The molecule has 26 heavy (non-hydrogen) atoms. The van der Waals surface area contributed by atoms with Crippen molar-refractivity contribution in [3.05, 3.63) is 70.3 Å². The van der Waals surface area contributed by atoms with Crippen LogP contribution in [0.1, 0.15) is 11.1 Å². The van der Waals surface area contributed by atoms with Crippen LogP contribution < -0.4 is 0 Å². The molecule has 1 aliphatic rings. The van der Waals surface area contributed by atoms with Crippen molar-refractivity contribution in [2.75, 3.05) is 26.2 Å². The van der Waals surface area contributed by atoms with Gasteiger partial charge in [0.2, 0.25) is 0 Å². The summed E-state index contributed by atoms with van der Waals surface area (Å²) in [6.07, 6.45) is 1.73. The fourth-order valence-corrected chi connectivity index (χ4v) is 3.81. The molecule has 1 aromatic heterocycles. The second-order valence-corrected chi connectivity index (χ2v) is 7.74. The molecular weight excluding hydrogens is 390 g/mol. The Morgan fingerprint density at radius 2 is 1.58 bits per heavy atom. The van der Waals surface area contributed by atoms with Crippen LogP contribution in [0.25, 0.3) is 10.9 Å². The van der Waals surface area contributed by atoms with Gasteiger partial charge in [0.05, 0.1) is 0 Å². The number of fused-ring (bicyclic) bond motifs is 1. The van der Waals surface area contributed by atoms with E-state index in [1.807, 2.05) is 18.2 Å². The predicted molar refractivity (Wildman–Crippen MR) is 108 cm³/mol. The number of hydrogen-bond acceptors (Lipinski definition) is 4. The number of aromatic nitrogens is 1. The molecule has 134 valence electrons. The molecule has 0 unspecified atom stereocenters. The molecule has 3 aromatic rings. The van der Waals surface area contributed by atoms with Gasteiger partial charge < -0.3 is 5.11 Å². The molecule has 1 aliphatic heterocycles. The Hall–Kier alpha value is -1.95. The summed E-state index contributed by atoms with van der Waals surface area (Å²) >= 11 is 3.49. The van der Waals surface area contributed by atoms with Crippen molar-refractivity contribution in [1.82, 2.24) is 14.8 Å². The van der Waals surface area contributed by atoms with E-state index in [1.165, 1.54) is 11.1 Å². The fraction of sp³-hybridized carbons (Fsp3) is 0.286. The molecule has 1 fully saturated rings. The highest BCUT2D eigenvalue weighted by Gasteiger charge is 2.18. The molecule has 4 nitrogen and oxygen atoms in total. The summed E-state index contributed by atoms with van der Waals surface area (Å²) in [7, 11) is 0. The van der Waals surface area contributed by atoms with Gasteiger partial charge in [-0.1, -0.05) is 40.2 Å². The van der Waals surface area contributed by atoms with Gasteiger partial charge in [-0.15, -0.1) is 0 Å². The maximum atomic E-state index is 10.0. The number of piperazine rings is 1. The lowest BCUT2D eigenvalue weighted by molar-refractivity contribution is 0.122. The first kappa shape index (κ1) is 17.5. The number of rotatable bonds is 4. The average molecular weight is 412 g/mol. The summed E-state index contributed by atoms with van der Waals surface area (Å²) in [6, 6.07) is 16.3. The minimum Gasteiger partial charge on any atom is -0.506 e. The van der Waals surface area contributed by atoms with Crippen LogP contribution in [0.3, 0.4) is 0 Å². The highest BCUT2D eigenvalue weighted by atomic mass is 79.9. The molecule has 1 N–H and O–H groups in total.